The Morgan fingerprint density at radius 3 is 2.31 bits per heavy atom. The van der Waals surface area contributed by atoms with Gasteiger partial charge in [-0.2, -0.15) is 0 Å². The molecule has 1 fully saturated rings. The van der Waals surface area contributed by atoms with Gasteiger partial charge in [-0.1, -0.05) is 32.9 Å². The van der Waals surface area contributed by atoms with Gasteiger partial charge in [-0.15, -0.1) is 0 Å². The van der Waals surface area contributed by atoms with Gasteiger partial charge in [0.2, 0.25) is 8.32 Å². The molecule has 0 spiro atoms. The van der Waals surface area contributed by atoms with E-state index in [9.17, 15) is 9.59 Å². The second-order valence-electron chi connectivity index (χ2n) is 10.4. The van der Waals surface area contributed by atoms with E-state index in [-0.39, 0.29) is 10.8 Å². The molecule has 6 heteroatoms. The number of Topliss-reactive ketones (excluding diaryl/α,β-unsaturated/α-hetero) is 1. The summed E-state index contributed by atoms with van der Waals surface area (Å²) >= 11 is 0. The lowest BCUT2D eigenvalue weighted by atomic mass is 9.94. The minimum Gasteiger partial charge on any atom is -0.543 e. The number of hydrogen-bond acceptors (Lipinski definition) is 4. The summed E-state index contributed by atoms with van der Waals surface area (Å²) in [5, 5.41) is 0.0733. The zero-order valence-corrected chi connectivity index (χ0v) is 20.3. The number of nitrogens with zero attached hydrogens (tertiary/aromatic N) is 1. The molecule has 162 valence electrons. The van der Waals surface area contributed by atoms with Gasteiger partial charge < -0.3 is 9.16 Å². The fourth-order valence-corrected chi connectivity index (χ4v) is 4.12. The lowest BCUT2D eigenvalue weighted by Gasteiger charge is -2.37. The van der Waals surface area contributed by atoms with Gasteiger partial charge >= 0.3 is 6.09 Å². The fraction of sp³-hybridized carbons (Fsp3) is 0.652. The Hall–Kier alpha value is -1.82. The van der Waals surface area contributed by atoms with E-state index >= 15 is 0 Å². The molecule has 5 nitrogen and oxygen atoms in total. The molecule has 1 aliphatic rings. The highest BCUT2D eigenvalue weighted by Crippen LogP contribution is 2.37. The van der Waals surface area contributed by atoms with Crippen LogP contribution in [0, 0.1) is 0 Å². The van der Waals surface area contributed by atoms with Crippen LogP contribution in [0.1, 0.15) is 71.2 Å². The van der Waals surface area contributed by atoms with E-state index in [1.807, 2.05) is 45.0 Å². The number of benzene rings is 1. The molecule has 1 saturated heterocycles. The smallest absolute Gasteiger partial charge is 0.410 e. The normalized spacial score (nSPS) is 18.3. The fourth-order valence-electron chi connectivity index (χ4n) is 3.10. The molecule has 2 rings (SSSR count). The van der Waals surface area contributed by atoms with E-state index < -0.39 is 26.1 Å². The molecular weight excluding hydrogens is 382 g/mol. The maximum absolute atomic E-state index is 13.3. The molecule has 0 aliphatic carbocycles. The van der Waals surface area contributed by atoms with Crippen LogP contribution in [-0.4, -0.2) is 43.3 Å². The third-order valence-corrected chi connectivity index (χ3v) is 10.1. The van der Waals surface area contributed by atoms with E-state index in [1.165, 1.54) is 0 Å². The van der Waals surface area contributed by atoms with E-state index in [4.69, 9.17) is 9.16 Å². The molecule has 1 aliphatic heterocycles. The molecule has 0 aromatic heterocycles. The summed E-state index contributed by atoms with van der Waals surface area (Å²) in [7, 11) is -2.00. The first-order valence-corrected chi connectivity index (χ1v) is 13.4. The highest BCUT2D eigenvalue weighted by atomic mass is 28.4. The van der Waals surface area contributed by atoms with Gasteiger partial charge in [-0.25, -0.2) is 4.79 Å². The topological polar surface area (TPSA) is 55.8 Å². The predicted octanol–water partition coefficient (Wildman–Crippen LogP) is 6.04. The molecule has 1 aromatic rings. The Balaban J connectivity index is 2.23. The van der Waals surface area contributed by atoms with Crippen LogP contribution in [0.15, 0.2) is 24.3 Å². The van der Waals surface area contributed by atoms with E-state index in [0.717, 1.165) is 18.6 Å². The van der Waals surface area contributed by atoms with Crippen molar-refractivity contribution in [3.63, 3.8) is 0 Å². The maximum Gasteiger partial charge on any atom is 0.410 e. The number of piperidine rings is 1. The number of rotatable bonds is 4. The van der Waals surface area contributed by atoms with Crippen LogP contribution in [0.25, 0.3) is 0 Å². The van der Waals surface area contributed by atoms with Crippen molar-refractivity contribution in [1.82, 2.24) is 4.90 Å². The first-order chi connectivity index (χ1) is 13.2. The number of likely N-dealkylation sites (tertiary alicyclic amines) is 1. The Morgan fingerprint density at radius 1 is 1.07 bits per heavy atom. The quantitative estimate of drug-likeness (QED) is 0.441. The third kappa shape index (κ3) is 6.08. The van der Waals surface area contributed by atoms with Crippen molar-refractivity contribution < 1.29 is 18.8 Å². The van der Waals surface area contributed by atoms with Gasteiger partial charge in [-0.3, -0.25) is 9.69 Å². The zero-order chi connectivity index (χ0) is 22.0. The monoisotopic (exact) mass is 419 g/mol. The largest absolute Gasteiger partial charge is 0.543 e. The Bertz CT molecular complexity index is 746. The Labute approximate surface area is 176 Å². The van der Waals surface area contributed by atoms with Gasteiger partial charge in [0.15, 0.2) is 5.78 Å². The van der Waals surface area contributed by atoms with Crippen LogP contribution in [0.3, 0.4) is 0 Å². The number of hydrogen-bond donors (Lipinski definition) is 0. The molecule has 0 unspecified atom stereocenters. The second kappa shape index (κ2) is 8.50. The van der Waals surface area contributed by atoms with Gasteiger partial charge in [0.1, 0.15) is 11.4 Å². The lowest BCUT2D eigenvalue weighted by molar-refractivity contribution is 0.0105. The molecule has 29 heavy (non-hydrogen) atoms. The Kier molecular flexibility index (Phi) is 6.88. The van der Waals surface area contributed by atoms with Crippen molar-refractivity contribution in [2.24, 2.45) is 0 Å². The summed E-state index contributed by atoms with van der Waals surface area (Å²) < 4.78 is 11.9. The summed E-state index contributed by atoms with van der Waals surface area (Å²) in [5.74, 6) is 0.679. The van der Waals surface area contributed by atoms with Crippen molar-refractivity contribution in [2.75, 3.05) is 6.54 Å². The molecule has 0 radical (unpaired) electrons. The highest BCUT2D eigenvalue weighted by molar-refractivity contribution is 6.74. The molecule has 0 N–H and O–H groups in total. The average molecular weight is 420 g/mol. The number of ketones is 1. The average Bonchev–Trinajstić information content (AvgIpc) is 2.58. The van der Waals surface area contributed by atoms with Crippen LogP contribution in [0.2, 0.25) is 18.1 Å². The van der Waals surface area contributed by atoms with Gasteiger partial charge in [0, 0.05) is 12.1 Å². The van der Waals surface area contributed by atoms with Crippen LogP contribution in [0.4, 0.5) is 4.79 Å². The molecule has 1 atom stereocenters. The highest BCUT2D eigenvalue weighted by Gasteiger charge is 2.39. The van der Waals surface area contributed by atoms with Crippen LogP contribution in [-0.2, 0) is 4.74 Å². The Morgan fingerprint density at radius 2 is 1.72 bits per heavy atom. The number of amides is 1. The maximum atomic E-state index is 13.3. The second-order valence-corrected chi connectivity index (χ2v) is 15.2. The molecule has 1 amide bonds. The number of ether oxygens (including phenoxy) is 1. The molecular formula is C23H37NO4Si. The minimum atomic E-state index is -2.00. The van der Waals surface area contributed by atoms with E-state index in [0.29, 0.717) is 18.5 Å². The van der Waals surface area contributed by atoms with E-state index in [2.05, 4.69) is 33.9 Å². The molecule has 0 saturated carbocycles. The SMILES string of the molecule is CC(C)(C)OC(=O)N1CCCC[C@H]1C(=O)c1cccc(O[Si](C)(C)C(C)(C)C)c1. The van der Waals surface area contributed by atoms with Crippen LogP contribution in [0.5, 0.6) is 5.75 Å². The van der Waals surface area contributed by atoms with Crippen molar-refractivity contribution >= 4 is 20.2 Å². The van der Waals surface area contributed by atoms with Crippen LogP contribution >= 0.6 is 0 Å². The summed E-state index contributed by atoms with van der Waals surface area (Å²) in [5.41, 5.74) is 0.000603. The first kappa shape index (κ1) is 23.5. The third-order valence-electron chi connectivity index (χ3n) is 5.73. The summed E-state index contributed by atoms with van der Waals surface area (Å²) in [6.45, 7) is 17.0. The summed E-state index contributed by atoms with van der Waals surface area (Å²) in [4.78, 5) is 27.6. The molecule has 1 aromatic carbocycles. The summed E-state index contributed by atoms with van der Waals surface area (Å²) in [6, 6.07) is 6.91. The van der Waals surface area contributed by atoms with Crippen molar-refractivity contribution in [3.05, 3.63) is 29.8 Å². The summed E-state index contributed by atoms with van der Waals surface area (Å²) in [6.07, 6.45) is 2.06. The molecule has 1 heterocycles. The van der Waals surface area contributed by atoms with Crippen molar-refractivity contribution in [2.45, 2.75) is 90.6 Å². The van der Waals surface area contributed by atoms with Gasteiger partial charge in [0.25, 0.3) is 0 Å². The van der Waals surface area contributed by atoms with Gasteiger partial charge in [0.05, 0.1) is 6.04 Å². The zero-order valence-electron chi connectivity index (χ0n) is 19.3. The van der Waals surface area contributed by atoms with E-state index in [1.54, 1.807) is 4.90 Å². The standard InChI is InChI=1S/C23H37NO4Si/c1-22(2,3)27-21(26)24-15-10-9-14-19(24)20(25)17-12-11-13-18(16-17)28-29(7,8)23(4,5)6/h11-13,16,19H,9-10,14-15H2,1-8H3/t19-/m0/s1. The van der Waals surface area contributed by atoms with Crippen molar-refractivity contribution in [1.29, 1.82) is 0 Å². The lowest BCUT2D eigenvalue weighted by Crippen LogP contribution is -2.49. The molecule has 0 bridgehead atoms. The minimum absolute atomic E-state index is 0.0451. The first-order valence-electron chi connectivity index (χ1n) is 10.5. The van der Waals surface area contributed by atoms with Crippen LogP contribution < -0.4 is 4.43 Å². The van der Waals surface area contributed by atoms with Gasteiger partial charge in [-0.05, 0) is 70.3 Å². The van der Waals surface area contributed by atoms with Crippen molar-refractivity contribution in [3.8, 4) is 5.75 Å². The number of carbonyl (C=O) groups is 2. The predicted molar refractivity (Wildman–Crippen MR) is 119 cm³/mol. The number of carbonyl (C=O) groups excluding carboxylic acids is 2.